The van der Waals surface area contributed by atoms with Crippen molar-refractivity contribution in [3.05, 3.63) is 0 Å². The highest BCUT2D eigenvalue weighted by molar-refractivity contribution is 7.99. The van der Waals surface area contributed by atoms with Crippen LogP contribution in [-0.2, 0) is 0 Å². The van der Waals surface area contributed by atoms with E-state index in [0.717, 1.165) is 19.4 Å². The molecule has 0 aromatic carbocycles. The van der Waals surface area contributed by atoms with Crippen LogP contribution in [0.25, 0.3) is 0 Å². The fourth-order valence-electron chi connectivity index (χ4n) is 1.39. The Morgan fingerprint density at radius 1 is 1.25 bits per heavy atom. The van der Waals surface area contributed by atoms with Crippen molar-refractivity contribution in [2.24, 2.45) is 0 Å². The molecule has 0 aliphatic heterocycles. The van der Waals surface area contributed by atoms with Crippen LogP contribution in [0.4, 0.5) is 5.95 Å². The summed E-state index contributed by atoms with van der Waals surface area (Å²) in [6.07, 6.45) is 2.62. The Bertz CT molecular complexity index is 366. The van der Waals surface area contributed by atoms with E-state index in [4.69, 9.17) is 9.84 Å². The Hall–Kier alpha value is -1.08. The lowest BCUT2D eigenvalue weighted by Gasteiger charge is -2.11. The van der Waals surface area contributed by atoms with Crippen LogP contribution in [0.2, 0.25) is 0 Å². The van der Waals surface area contributed by atoms with Crippen LogP contribution in [-0.4, -0.2) is 45.1 Å². The van der Waals surface area contributed by atoms with Gasteiger partial charge >= 0.3 is 6.01 Å². The zero-order valence-electron chi connectivity index (χ0n) is 12.4. The van der Waals surface area contributed by atoms with Crippen LogP contribution in [0.5, 0.6) is 6.01 Å². The first-order chi connectivity index (χ1) is 9.69. The monoisotopic (exact) mass is 300 g/mol. The topological polar surface area (TPSA) is 80.2 Å². The molecule has 114 valence electrons. The fraction of sp³-hybridized carbons (Fsp3) is 0.769. The van der Waals surface area contributed by atoms with Crippen molar-refractivity contribution in [3.8, 4) is 6.01 Å². The first-order valence-electron chi connectivity index (χ1n) is 7.09. The second-order valence-electron chi connectivity index (χ2n) is 4.44. The summed E-state index contributed by atoms with van der Waals surface area (Å²) in [6.45, 7) is 7.73. The maximum Gasteiger partial charge on any atom is 0.322 e. The van der Waals surface area contributed by atoms with Gasteiger partial charge in [0.15, 0.2) is 5.16 Å². The number of hydrogen-bond acceptors (Lipinski definition) is 7. The lowest BCUT2D eigenvalue weighted by molar-refractivity contribution is 0.287. The molecule has 1 heterocycles. The van der Waals surface area contributed by atoms with Crippen LogP contribution >= 0.6 is 11.8 Å². The van der Waals surface area contributed by atoms with E-state index in [-0.39, 0.29) is 11.9 Å². The lowest BCUT2D eigenvalue weighted by Crippen LogP contribution is -2.10. The second kappa shape index (κ2) is 9.77. The van der Waals surface area contributed by atoms with E-state index in [0.29, 0.717) is 30.1 Å². The third-order valence-electron chi connectivity index (χ3n) is 2.40. The van der Waals surface area contributed by atoms with E-state index in [2.05, 4.69) is 27.2 Å². The Kier molecular flexibility index (Phi) is 8.29. The summed E-state index contributed by atoms with van der Waals surface area (Å²) >= 11 is 1.52. The molecule has 20 heavy (non-hydrogen) atoms. The van der Waals surface area contributed by atoms with Gasteiger partial charge < -0.3 is 15.2 Å². The van der Waals surface area contributed by atoms with Crippen molar-refractivity contribution in [2.45, 2.75) is 50.4 Å². The van der Waals surface area contributed by atoms with Gasteiger partial charge in [-0.15, -0.1) is 0 Å². The number of hydrogen-bond donors (Lipinski definition) is 2. The minimum absolute atomic E-state index is 0.166. The zero-order chi connectivity index (χ0) is 14.8. The van der Waals surface area contributed by atoms with E-state index in [9.17, 15) is 0 Å². The Morgan fingerprint density at radius 3 is 2.70 bits per heavy atom. The zero-order valence-corrected chi connectivity index (χ0v) is 13.2. The molecule has 1 aromatic heterocycles. The lowest BCUT2D eigenvalue weighted by atomic mass is 10.4. The maximum atomic E-state index is 8.95. The average Bonchev–Trinajstić information content (AvgIpc) is 2.43. The molecule has 0 aliphatic rings. The van der Waals surface area contributed by atoms with Gasteiger partial charge in [0.1, 0.15) is 0 Å². The quantitative estimate of drug-likeness (QED) is 0.642. The number of aliphatic hydroxyl groups excluding tert-OH is 1. The summed E-state index contributed by atoms with van der Waals surface area (Å²) in [4.78, 5) is 12.9. The summed E-state index contributed by atoms with van der Waals surface area (Å²) in [6, 6.07) is 0.360. The predicted octanol–water partition coefficient (Wildman–Crippen LogP) is 2.35. The fourth-order valence-corrected chi connectivity index (χ4v) is 2.24. The molecule has 0 amide bonds. The summed E-state index contributed by atoms with van der Waals surface area (Å²) in [5.74, 6) is 0.548. The number of thioether (sulfide) groups is 1. The van der Waals surface area contributed by atoms with Gasteiger partial charge in [-0.2, -0.15) is 15.0 Å². The third kappa shape index (κ3) is 6.38. The molecular weight excluding hydrogens is 276 g/mol. The average molecular weight is 300 g/mol. The van der Waals surface area contributed by atoms with Crippen LogP contribution < -0.4 is 10.1 Å². The highest BCUT2D eigenvalue weighted by Gasteiger charge is 2.11. The minimum atomic E-state index is 0.166. The van der Waals surface area contributed by atoms with Gasteiger partial charge in [-0.25, -0.2) is 0 Å². The highest BCUT2D eigenvalue weighted by Crippen LogP contribution is 2.23. The Labute approximate surface area is 124 Å². The van der Waals surface area contributed by atoms with Gasteiger partial charge in [0.2, 0.25) is 5.95 Å². The number of anilines is 1. The van der Waals surface area contributed by atoms with Crippen LogP contribution in [0.1, 0.15) is 40.0 Å². The maximum absolute atomic E-state index is 8.95. The molecule has 0 saturated heterocycles. The van der Waals surface area contributed by atoms with E-state index in [1.165, 1.54) is 11.8 Å². The van der Waals surface area contributed by atoms with Crippen molar-refractivity contribution in [3.63, 3.8) is 0 Å². The second-order valence-corrected chi connectivity index (χ2v) is 5.85. The molecule has 0 spiro atoms. The molecule has 0 bridgehead atoms. The smallest absolute Gasteiger partial charge is 0.322 e. The normalized spacial score (nSPS) is 12.2. The largest absolute Gasteiger partial charge is 0.463 e. The molecule has 7 heteroatoms. The number of aliphatic hydroxyl groups is 1. The number of rotatable bonds is 10. The summed E-state index contributed by atoms with van der Waals surface area (Å²) in [5, 5.41) is 13.0. The standard InChI is InChI=1S/C13H24N4O2S/c1-4-7-14-11-15-12(19-9-5-2)17-13(16-11)20-10(3)6-8-18/h10,18H,4-9H2,1-3H3,(H,14,15,16,17). The molecule has 0 saturated carbocycles. The van der Waals surface area contributed by atoms with Gasteiger partial charge in [0.05, 0.1) is 6.61 Å². The number of ether oxygens (including phenoxy) is 1. The van der Waals surface area contributed by atoms with Crippen LogP contribution in [0.3, 0.4) is 0 Å². The first-order valence-corrected chi connectivity index (χ1v) is 7.97. The number of nitrogens with one attached hydrogen (secondary N) is 1. The third-order valence-corrected chi connectivity index (χ3v) is 3.44. The molecular formula is C13H24N4O2S. The van der Waals surface area contributed by atoms with E-state index in [1.807, 2.05) is 13.8 Å². The van der Waals surface area contributed by atoms with E-state index >= 15 is 0 Å². The molecule has 1 unspecified atom stereocenters. The molecule has 0 aliphatic carbocycles. The molecule has 1 rings (SSSR count). The molecule has 1 atom stereocenters. The summed E-state index contributed by atoms with van der Waals surface area (Å²) in [5.41, 5.74) is 0. The van der Waals surface area contributed by atoms with Gasteiger partial charge in [-0.05, 0) is 19.3 Å². The minimum Gasteiger partial charge on any atom is -0.463 e. The van der Waals surface area contributed by atoms with Gasteiger partial charge in [0, 0.05) is 18.4 Å². The van der Waals surface area contributed by atoms with E-state index < -0.39 is 0 Å². The molecule has 6 nitrogen and oxygen atoms in total. The molecule has 2 N–H and O–H groups in total. The van der Waals surface area contributed by atoms with Crippen molar-refractivity contribution in [2.75, 3.05) is 25.1 Å². The summed E-state index contributed by atoms with van der Waals surface area (Å²) in [7, 11) is 0. The Morgan fingerprint density at radius 2 is 2.05 bits per heavy atom. The number of nitrogens with zero attached hydrogens (tertiary/aromatic N) is 3. The molecule has 0 radical (unpaired) electrons. The van der Waals surface area contributed by atoms with E-state index in [1.54, 1.807) is 0 Å². The number of aromatic nitrogens is 3. The van der Waals surface area contributed by atoms with Gasteiger partial charge in [0.25, 0.3) is 0 Å². The van der Waals surface area contributed by atoms with Crippen LogP contribution in [0, 0.1) is 0 Å². The van der Waals surface area contributed by atoms with Crippen molar-refractivity contribution >= 4 is 17.7 Å². The Balaban J connectivity index is 2.78. The van der Waals surface area contributed by atoms with Crippen molar-refractivity contribution in [1.82, 2.24) is 15.0 Å². The first kappa shape index (κ1) is 17.0. The molecule has 1 aromatic rings. The highest BCUT2D eigenvalue weighted by atomic mass is 32.2. The van der Waals surface area contributed by atoms with Gasteiger partial charge in [-0.1, -0.05) is 32.5 Å². The van der Waals surface area contributed by atoms with Gasteiger partial charge in [-0.3, -0.25) is 0 Å². The van der Waals surface area contributed by atoms with Crippen molar-refractivity contribution < 1.29 is 9.84 Å². The predicted molar refractivity (Wildman–Crippen MR) is 81.4 cm³/mol. The summed E-state index contributed by atoms with van der Waals surface area (Å²) < 4.78 is 5.49. The van der Waals surface area contributed by atoms with Crippen molar-refractivity contribution in [1.29, 1.82) is 0 Å². The SMILES string of the molecule is CCCNc1nc(OCCC)nc(SC(C)CCO)n1. The van der Waals surface area contributed by atoms with Crippen LogP contribution in [0.15, 0.2) is 5.16 Å². The molecule has 0 fully saturated rings.